The third kappa shape index (κ3) is 5.21. The first-order valence-corrected chi connectivity index (χ1v) is 8.21. The van der Waals surface area contributed by atoms with E-state index in [0.717, 1.165) is 15.9 Å². The van der Waals surface area contributed by atoms with Gasteiger partial charge in [0.25, 0.3) is 0 Å². The van der Waals surface area contributed by atoms with E-state index in [-0.39, 0.29) is 11.7 Å². The van der Waals surface area contributed by atoms with Gasteiger partial charge in [0.1, 0.15) is 10.9 Å². The highest BCUT2D eigenvalue weighted by atomic mass is 32.2. The van der Waals surface area contributed by atoms with Gasteiger partial charge in [-0.3, -0.25) is 10.1 Å². The highest BCUT2D eigenvalue weighted by molar-refractivity contribution is 8.00. The number of carbonyl (C=O) groups is 2. The molecule has 0 spiro atoms. The summed E-state index contributed by atoms with van der Waals surface area (Å²) in [7, 11) is 0. The third-order valence-corrected chi connectivity index (χ3v) is 3.75. The summed E-state index contributed by atoms with van der Waals surface area (Å²) in [5.74, 6) is 0.395. The molecule has 1 aromatic carbocycles. The van der Waals surface area contributed by atoms with Gasteiger partial charge in [-0.15, -0.1) is 0 Å². The summed E-state index contributed by atoms with van der Waals surface area (Å²) in [6.45, 7) is 7.36. The molecule has 7 heteroatoms. The summed E-state index contributed by atoms with van der Waals surface area (Å²) in [5.41, 5.74) is 0.450. The Morgan fingerprint density at radius 2 is 1.87 bits per heavy atom. The number of imide groups is 1. The number of hydrogen-bond donors (Lipinski definition) is 2. The van der Waals surface area contributed by atoms with Gasteiger partial charge in [-0.2, -0.15) is 0 Å². The molecule has 2 rings (SSSR count). The van der Waals surface area contributed by atoms with E-state index in [0.29, 0.717) is 5.82 Å². The Balaban J connectivity index is 2.01. The first-order chi connectivity index (χ1) is 10.7. The smallest absolute Gasteiger partial charge is 0.321 e. The second-order valence-electron chi connectivity index (χ2n) is 6.13. The van der Waals surface area contributed by atoms with Gasteiger partial charge in [0, 0.05) is 10.9 Å². The number of aryl methyl sites for hydroxylation is 1. The third-order valence-electron chi connectivity index (χ3n) is 2.76. The zero-order chi connectivity index (χ0) is 17.0. The van der Waals surface area contributed by atoms with Crippen LogP contribution in [0.5, 0.6) is 0 Å². The highest BCUT2D eigenvalue weighted by Gasteiger charge is 2.16. The SMILES string of the molecule is Cc1nc(SCC(=O)NC(=O)NC(C)(C)C)c2ccccc2n1. The molecule has 0 bridgehead atoms. The van der Waals surface area contributed by atoms with Crippen LogP contribution in [0, 0.1) is 6.92 Å². The Labute approximate surface area is 139 Å². The number of rotatable bonds is 3. The largest absolute Gasteiger partial charge is 0.333 e. The first-order valence-electron chi connectivity index (χ1n) is 7.23. The van der Waals surface area contributed by atoms with Crippen LogP contribution in [0.15, 0.2) is 29.3 Å². The summed E-state index contributed by atoms with van der Waals surface area (Å²) in [6, 6.07) is 7.15. The van der Waals surface area contributed by atoms with Gasteiger partial charge in [-0.05, 0) is 33.8 Å². The maximum atomic E-state index is 11.9. The highest BCUT2D eigenvalue weighted by Crippen LogP contribution is 2.24. The summed E-state index contributed by atoms with van der Waals surface area (Å²) >= 11 is 1.29. The number of benzene rings is 1. The monoisotopic (exact) mass is 332 g/mol. The Morgan fingerprint density at radius 3 is 2.57 bits per heavy atom. The molecular formula is C16H20N4O2S. The normalized spacial score (nSPS) is 11.3. The number of thioether (sulfide) groups is 1. The van der Waals surface area contributed by atoms with Crippen molar-refractivity contribution in [1.82, 2.24) is 20.6 Å². The number of nitrogens with one attached hydrogen (secondary N) is 2. The lowest BCUT2D eigenvalue weighted by Gasteiger charge is -2.20. The fourth-order valence-electron chi connectivity index (χ4n) is 1.94. The van der Waals surface area contributed by atoms with Crippen LogP contribution in [0.3, 0.4) is 0 Å². The molecule has 0 aliphatic heterocycles. The molecule has 2 N–H and O–H groups in total. The number of urea groups is 1. The molecule has 1 heterocycles. The minimum absolute atomic E-state index is 0.109. The molecule has 0 saturated carbocycles. The quantitative estimate of drug-likeness (QED) is 0.667. The zero-order valence-electron chi connectivity index (χ0n) is 13.6. The molecule has 0 unspecified atom stereocenters. The van der Waals surface area contributed by atoms with E-state index in [2.05, 4.69) is 20.6 Å². The van der Waals surface area contributed by atoms with Gasteiger partial charge in [-0.25, -0.2) is 14.8 Å². The molecule has 0 saturated heterocycles. The minimum atomic E-state index is -0.494. The summed E-state index contributed by atoms with van der Waals surface area (Å²) in [6.07, 6.45) is 0. The van der Waals surface area contributed by atoms with Crippen LogP contribution in [-0.2, 0) is 4.79 Å². The van der Waals surface area contributed by atoms with Gasteiger partial charge < -0.3 is 5.32 Å². The standard InChI is InChI=1S/C16H20N4O2S/c1-10-17-12-8-6-5-7-11(12)14(18-10)23-9-13(21)19-15(22)20-16(2,3)4/h5-8H,9H2,1-4H3,(H2,19,20,21,22). The molecule has 1 aromatic heterocycles. The van der Waals surface area contributed by atoms with Crippen molar-refractivity contribution in [2.45, 2.75) is 38.3 Å². The van der Waals surface area contributed by atoms with Gasteiger partial charge >= 0.3 is 6.03 Å². The second-order valence-corrected chi connectivity index (χ2v) is 7.10. The van der Waals surface area contributed by atoms with Crippen molar-refractivity contribution >= 4 is 34.6 Å². The van der Waals surface area contributed by atoms with Gasteiger partial charge in [0.15, 0.2) is 0 Å². The molecule has 122 valence electrons. The number of hydrogen-bond acceptors (Lipinski definition) is 5. The second kappa shape index (κ2) is 6.95. The average molecular weight is 332 g/mol. The van der Waals surface area contributed by atoms with E-state index < -0.39 is 11.6 Å². The van der Waals surface area contributed by atoms with Crippen molar-refractivity contribution in [1.29, 1.82) is 0 Å². The summed E-state index contributed by atoms with van der Waals surface area (Å²) in [4.78, 5) is 32.3. The van der Waals surface area contributed by atoms with E-state index in [1.807, 2.05) is 52.0 Å². The minimum Gasteiger partial charge on any atom is -0.333 e. The Hall–Kier alpha value is -2.15. The predicted molar refractivity (Wildman–Crippen MR) is 91.4 cm³/mol. The van der Waals surface area contributed by atoms with Crippen LogP contribution >= 0.6 is 11.8 Å². The molecule has 23 heavy (non-hydrogen) atoms. The molecule has 0 fully saturated rings. The van der Waals surface area contributed by atoms with Crippen LogP contribution in [0.2, 0.25) is 0 Å². The van der Waals surface area contributed by atoms with Crippen LogP contribution in [-0.4, -0.2) is 33.2 Å². The first kappa shape index (κ1) is 17.2. The number of amides is 3. The zero-order valence-corrected chi connectivity index (χ0v) is 14.5. The summed E-state index contributed by atoms with van der Waals surface area (Å²) < 4.78 is 0. The van der Waals surface area contributed by atoms with Crippen LogP contribution in [0.1, 0.15) is 26.6 Å². The Kier molecular flexibility index (Phi) is 5.20. The lowest BCUT2D eigenvalue weighted by molar-refractivity contribution is -0.117. The lowest BCUT2D eigenvalue weighted by Crippen LogP contribution is -2.48. The number of para-hydroxylation sites is 1. The van der Waals surface area contributed by atoms with Crippen molar-refractivity contribution in [2.75, 3.05) is 5.75 Å². The predicted octanol–water partition coefficient (Wildman–Crippen LogP) is 2.65. The molecular weight excluding hydrogens is 312 g/mol. The van der Waals surface area contributed by atoms with Crippen molar-refractivity contribution in [3.05, 3.63) is 30.1 Å². The molecule has 2 aromatic rings. The molecule has 0 aliphatic carbocycles. The number of nitrogens with zero attached hydrogens (tertiary/aromatic N) is 2. The van der Waals surface area contributed by atoms with E-state index in [4.69, 9.17) is 0 Å². The van der Waals surface area contributed by atoms with E-state index >= 15 is 0 Å². The van der Waals surface area contributed by atoms with Crippen LogP contribution < -0.4 is 10.6 Å². The Bertz CT molecular complexity index is 740. The molecule has 3 amide bonds. The van der Waals surface area contributed by atoms with E-state index in [9.17, 15) is 9.59 Å². The number of fused-ring (bicyclic) bond motifs is 1. The van der Waals surface area contributed by atoms with Crippen molar-refractivity contribution in [3.8, 4) is 0 Å². The van der Waals surface area contributed by atoms with E-state index in [1.165, 1.54) is 11.8 Å². The topological polar surface area (TPSA) is 84.0 Å². The van der Waals surface area contributed by atoms with Crippen molar-refractivity contribution in [3.63, 3.8) is 0 Å². The lowest BCUT2D eigenvalue weighted by atomic mass is 10.1. The molecule has 0 atom stereocenters. The van der Waals surface area contributed by atoms with Gasteiger partial charge in [0.05, 0.1) is 11.3 Å². The Morgan fingerprint density at radius 1 is 1.17 bits per heavy atom. The van der Waals surface area contributed by atoms with Gasteiger partial charge in [-0.1, -0.05) is 30.0 Å². The maximum Gasteiger partial charge on any atom is 0.321 e. The van der Waals surface area contributed by atoms with Crippen molar-refractivity contribution in [2.24, 2.45) is 0 Å². The fourth-order valence-corrected chi connectivity index (χ4v) is 2.80. The molecule has 6 nitrogen and oxygen atoms in total. The number of carbonyl (C=O) groups excluding carboxylic acids is 2. The van der Waals surface area contributed by atoms with Crippen molar-refractivity contribution < 1.29 is 9.59 Å². The van der Waals surface area contributed by atoms with Crippen LogP contribution in [0.4, 0.5) is 4.79 Å². The fraction of sp³-hybridized carbons (Fsp3) is 0.375. The van der Waals surface area contributed by atoms with Crippen LogP contribution in [0.25, 0.3) is 10.9 Å². The average Bonchev–Trinajstić information content (AvgIpc) is 2.42. The van der Waals surface area contributed by atoms with Gasteiger partial charge in [0.2, 0.25) is 5.91 Å². The molecule has 0 radical (unpaired) electrons. The van der Waals surface area contributed by atoms with E-state index in [1.54, 1.807) is 0 Å². The molecule has 0 aliphatic rings. The maximum absolute atomic E-state index is 11.9. The summed E-state index contributed by atoms with van der Waals surface area (Å²) in [5, 5.41) is 6.63. The number of aromatic nitrogens is 2.